The van der Waals surface area contributed by atoms with Gasteiger partial charge in [-0.15, -0.1) is 0 Å². The van der Waals surface area contributed by atoms with Gasteiger partial charge in [0.2, 0.25) is 5.91 Å². The van der Waals surface area contributed by atoms with Gasteiger partial charge < -0.3 is 26.4 Å². The van der Waals surface area contributed by atoms with Gasteiger partial charge in [0.25, 0.3) is 11.8 Å². The lowest BCUT2D eigenvalue weighted by molar-refractivity contribution is -0.131. The number of amides is 3. The Balaban J connectivity index is 1.98. The third-order valence-electron chi connectivity index (χ3n) is 8.00. The summed E-state index contributed by atoms with van der Waals surface area (Å²) in [6, 6.07) is 6.93. The van der Waals surface area contributed by atoms with Crippen LogP contribution < -0.4 is 11.5 Å². The van der Waals surface area contributed by atoms with Crippen molar-refractivity contribution < 1.29 is 28.3 Å². The molecule has 2 atom stereocenters. The molecule has 1 aliphatic rings. The summed E-state index contributed by atoms with van der Waals surface area (Å²) in [4.78, 5) is 43.7. The summed E-state index contributed by atoms with van der Waals surface area (Å²) in [7, 11) is 0. The highest BCUT2D eigenvalue weighted by molar-refractivity contribution is 6.02. The number of primary amides is 1. The van der Waals surface area contributed by atoms with Gasteiger partial charge in [-0.3, -0.25) is 14.4 Å². The van der Waals surface area contributed by atoms with Crippen LogP contribution in [0.4, 0.5) is 8.78 Å². The van der Waals surface area contributed by atoms with Gasteiger partial charge in [-0.2, -0.15) is 0 Å². The first-order valence-electron chi connectivity index (χ1n) is 14.8. The normalized spacial score (nSPS) is 16.0. The third kappa shape index (κ3) is 7.92. The molecular formula is C32H44F2N4O4. The quantitative estimate of drug-likeness (QED) is 0.326. The van der Waals surface area contributed by atoms with Gasteiger partial charge >= 0.3 is 0 Å². The molecule has 5 N–H and O–H groups in total. The van der Waals surface area contributed by atoms with Crippen molar-refractivity contribution in [2.45, 2.75) is 89.8 Å². The van der Waals surface area contributed by atoms with Crippen molar-refractivity contribution in [3.8, 4) is 0 Å². The van der Waals surface area contributed by atoms with Crippen LogP contribution in [-0.2, 0) is 11.2 Å². The average Bonchev–Trinajstić information content (AvgIpc) is 2.94. The smallest absolute Gasteiger partial charge is 0.254 e. The maximum Gasteiger partial charge on any atom is 0.254 e. The minimum atomic E-state index is -1.36. The standard InChI is InChI=1S/C32H44F2N4O4/c1-4-11-37(12-5-2)29(40)23-13-21(3)14-24(18-23)30(41)38(32(31(36)42)9-7-6-8-10-32)20-28(39)27(35)17-22-15-25(33)19-26(34)16-22/h13-16,18-19,27-28,39H,4-12,17,20,35H2,1-3H3,(H2,36,42)/t27-,28+/m0/s1. The Morgan fingerprint density at radius 3 is 1.98 bits per heavy atom. The molecule has 0 unspecified atom stereocenters. The molecule has 0 saturated heterocycles. The van der Waals surface area contributed by atoms with E-state index < -0.39 is 41.1 Å². The van der Waals surface area contributed by atoms with Crippen LogP contribution in [0.1, 0.15) is 90.6 Å². The lowest BCUT2D eigenvalue weighted by atomic mass is 9.78. The summed E-state index contributed by atoms with van der Waals surface area (Å²) in [5.41, 5.74) is 12.4. The molecule has 3 amide bonds. The molecule has 2 aromatic carbocycles. The van der Waals surface area contributed by atoms with Crippen molar-refractivity contribution in [2.75, 3.05) is 19.6 Å². The number of aliphatic hydroxyl groups is 1. The summed E-state index contributed by atoms with van der Waals surface area (Å²) in [5.74, 6) is -2.94. The van der Waals surface area contributed by atoms with E-state index in [9.17, 15) is 28.3 Å². The monoisotopic (exact) mass is 586 g/mol. The van der Waals surface area contributed by atoms with Crippen LogP contribution in [0.3, 0.4) is 0 Å². The van der Waals surface area contributed by atoms with Gasteiger partial charge in [0.1, 0.15) is 17.2 Å². The predicted octanol–water partition coefficient (Wildman–Crippen LogP) is 4.10. The first-order chi connectivity index (χ1) is 19.9. The molecule has 0 spiro atoms. The van der Waals surface area contributed by atoms with E-state index in [1.54, 1.807) is 24.0 Å². The number of carbonyl (C=O) groups excluding carboxylic acids is 3. The van der Waals surface area contributed by atoms with Gasteiger partial charge in [-0.1, -0.05) is 33.1 Å². The minimum absolute atomic E-state index is 0.0603. The summed E-state index contributed by atoms with van der Waals surface area (Å²) >= 11 is 0. The largest absolute Gasteiger partial charge is 0.390 e. The molecule has 0 heterocycles. The van der Waals surface area contributed by atoms with E-state index in [0.29, 0.717) is 49.9 Å². The first-order valence-corrected chi connectivity index (χ1v) is 14.8. The SMILES string of the molecule is CCCN(CCC)C(=O)c1cc(C)cc(C(=O)N(C[C@@H](O)[C@@H](N)Cc2cc(F)cc(F)c2)C2(C(N)=O)CCCCC2)c1. The number of halogens is 2. The molecule has 0 radical (unpaired) electrons. The molecule has 1 aliphatic carbocycles. The van der Waals surface area contributed by atoms with Gasteiger partial charge in [-0.25, -0.2) is 8.78 Å². The second-order valence-corrected chi connectivity index (χ2v) is 11.5. The Morgan fingerprint density at radius 1 is 0.905 bits per heavy atom. The summed E-state index contributed by atoms with van der Waals surface area (Å²) in [5, 5.41) is 11.2. The Labute approximate surface area is 247 Å². The lowest BCUT2D eigenvalue weighted by Crippen LogP contribution is -2.63. The number of nitrogens with zero attached hydrogens (tertiary/aromatic N) is 2. The molecule has 8 nitrogen and oxygen atoms in total. The van der Waals surface area contributed by atoms with Crippen LogP contribution in [0.25, 0.3) is 0 Å². The number of aryl methyl sites for hydroxylation is 1. The highest BCUT2D eigenvalue weighted by Crippen LogP contribution is 2.35. The second-order valence-electron chi connectivity index (χ2n) is 11.5. The van der Waals surface area contributed by atoms with Gasteiger partial charge in [0.15, 0.2) is 0 Å². The number of rotatable bonds is 13. The number of aliphatic hydroxyl groups excluding tert-OH is 1. The van der Waals surface area contributed by atoms with Crippen LogP contribution in [0.2, 0.25) is 0 Å². The molecular weight excluding hydrogens is 542 g/mol. The summed E-state index contributed by atoms with van der Waals surface area (Å²) < 4.78 is 27.5. The summed E-state index contributed by atoms with van der Waals surface area (Å²) in [6.45, 7) is 6.62. The topological polar surface area (TPSA) is 130 Å². The average molecular weight is 587 g/mol. The Bertz CT molecular complexity index is 1240. The molecule has 1 saturated carbocycles. The van der Waals surface area contributed by atoms with Crippen molar-refractivity contribution >= 4 is 17.7 Å². The minimum Gasteiger partial charge on any atom is -0.390 e. The van der Waals surface area contributed by atoms with Crippen molar-refractivity contribution in [2.24, 2.45) is 11.5 Å². The molecule has 0 bridgehead atoms. The van der Waals surface area contributed by atoms with Crippen LogP contribution in [0.5, 0.6) is 0 Å². The van der Waals surface area contributed by atoms with E-state index in [2.05, 4.69) is 0 Å². The van der Waals surface area contributed by atoms with E-state index in [4.69, 9.17) is 11.5 Å². The van der Waals surface area contributed by atoms with E-state index in [1.807, 2.05) is 13.8 Å². The Hall–Kier alpha value is -3.37. The van der Waals surface area contributed by atoms with Crippen molar-refractivity contribution in [1.29, 1.82) is 0 Å². The van der Waals surface area contributed by atoms with Gasteiger partial charge in [0.05, 0.1) is 6.10 Å². The van der Waals surface area contributed by atoms with E-state index >= 15 is 0 Å². The Kier molecular flexibility index (Phi) is 11.6. The molecule has 1 fully saturated rings. The highest BCUT2D eigenvalue weighted by Gasteiger charge is 2.47. The molecule has 0 aliphatic heterocycles. The number of nitrogens with two attached hydrogens (primary N) is 2. The fraction of sp³-hybridized carbons (Fsp3) is 0.531. The van der Waals surface area contributed by atoms with Crippen molar-refractivity contribution in [1.82, 2.24) is 9.80 Å². The zero-order chi connectivity index (χ0) is 31.0. The van der Waals surface area contributed by atoms with Crippen molar-refractivity contribution in [3.63, 3.8) is 0 Å². The second kappa shape index (κ2) is 14.7. The summed E-state index contributed by atoms with van der Waals surface area (Å²) in [6.07, 6.45) is 3.03. The maximum absolute atomic E-state index is 14.2. The van der Waals surface area contributed by atoms with E-state index in [-0.39, 0.29) is 30.0 Å². The Morgan fingerprint density at radius 2 is 1.45 bits per heavy atom. The number of hydrogen-bond donors (Lipinski definition) is 3. The number of hydrogen-bond acceptors (Lipinski definition) is 5. The molecule has 10 heteroatoms. The number of benzene rings is 2. The fourth-order valence-electron chi connectivity index (χ4n) is 5.92. The molecule has 230 valence electrons. The molecule has 0 aromatic heterocycles. The fourth-order valence-corrected chi connectivity index (χ4v) is 5.92. The van der Waals surface area contributed by atoms with Gasteiger partial charge in [-0.05, 0) is 80.5 Å². The zero-order valence-electron chi connectivity index (χ0n) is 24.9. The van der Waals surface area contributed by atoms with Gasteiger partial charge in [0, 0.05) is 42.9 Å². The van der Waals surface area contributed by atoms with E-state index in [0.717, 1.165) is 37.5 Å². The third-order valence-corrected chi connectivity index (χ3v) is 8.00. The lowest BCUT2D eigenvalue weighted by Gasteiger charge is -2.45. The van der Waals surface area contributed by atoms with Crippen molar-refractivity contribution in [3.05, 3.63) is 70.3 Å². The van der Waals surface area contributed by atoms with Crippen LogP contribution in [0, 0.1) is 18.6 Å². The number of carbonyl (C=O) groups is 3. The zero-order valence-corrected chi connectivity index (χ0v) is 24.9. The number of β-amino-alcohol motifs (C(OH)–C–C–N with tert-alkyl or cyclic N) is 1. The van der Waals surface area contributed by atoms with Crippen LogP contribution >= 0.6 is 0 Å². The van der Waals surface area contributed by atoms with Crippen LogP contribution in [0.15, 0.2) is 36.4 Å². The first kappa shape index (κ1) is 33.1. The molecule has 42 heavy (non-hydrogen) atoms. The highest BCUT2D eigenvalue weighted by atomic mass is 19.1. The predicted molar refractivity (Wildman–Crippen MR) is 158 cm³/mol. The van der Waals surface area contributed by atoms with Crippen LogP contribution in [-0.4, -0.2) is 69.9 Å². The molecule has 2 aromatic rings. The van der Waals surface area contributed by atoms with E-state index in [1.165, 1.54) is 11.0 Å². The maximum atomic E-state index is 14.2. The molecule has 3 rings (SSSR count).